The van der Waals surface area contributed by atoms with Crippen LogP contribution in [0.2, 0.25) is 0 Å². The quantitative estimate of drug-likeness (QED) is 0.180. The van der Waals surface area contributed by atoms with E-state index >= 15 is 0 Å². The number of aryl methyl sites for hydroxylation is 2. The molecule has 0 amide bonds. The van der Waals surface area contributed by atoms with Gasteiger partial charge < -0.3 is 4.90 Å². The van der Waals surface area contributed by atoms with E-state index in [0.717, 1.165) is 0 Å². The van der Waals surface area contributed by atoms with E-state index < -0.39 is 0 Å². The van der Waals surface area contributed by atoms with Crippen LogP contribution >= 0.6 is 11.3 Å². The minimum atomic E-state index is -0.0826. The fourth-order valence-corrected chi connectivity index (χ4v) is 9.22. The number of hydrogen-bond donors (Lipinski definition) is 0. The van der Waals surface area contributed by atoms with E-state index in [2.05, 4.69) is 184 Å². The highest BCUT2D eigenvalue weighted by Crippen LogP contribution is 2.51. The fourth-order valence-electron chi connectivity index (χ4n) is 8.08. The van der Waals surface area contributed by atoms with Gasteiger partial charge in [0.05, 0.1) is 5.69 Å². The second-order valence-electron chi connectivity index (χ2n) is 13.9. The first-order chi connectivity index (χ1) is 23.9. The first-order valence-corrected chi connectivity index (χ1v) is 17.9. The maximum absolute atomic E-state index is 2.50. The van der Waals surface area contributed by atoms with Gasteiger partial charge in [-0.2, -0.15) is 0 Å². The van der Waals surface area contributed by atoms with Crippen LogP contribution in [-0.2, 0) is 5.41 Å². The van der Waals surface area contributed by atoms with E-state index in [9.17, 15) is 0 Å². The Morgan fingerprint density at radius 3 is 1.88 bits per heavy atom. The standard InChI is InChI=1S/C47H37NS/c1-30-25-35(34-16-12-15-33(27-34)32-13-6-5-7-14-32)26-31(2)46(30)48(37-22-24-41-40-18-9-11-20-44(40)49-45(41)29-37)36-21-23-39-38-17-8-10-19-42(38)47(3,4)43(39)28-36/h5-29H,1-4H3. The van der Waals surface area contributed by atoms with Gasteiger partial charge in [0.1, 0.15) is 0 Å². The van der Waals surface area contributed by atoms with E-state index in [1.165, 1.54) is 92.9 Å². The van der Waals surface area contributed by atoms with Crippen molar-refractivity contribution < 1.29 is 0 Å². The second kappa shape index (κ2) is 11.3. The van der Waals surface area contributed by atoms with Crippen molar-refractivity contribution in [1.29, 1.82) is 0 Å². The number of benzene rings is 7. The maximum atomic E-state index is 2.50. The van der Waals surface area contributed by atoms with E-state index in [-0.39, 0.29) is 5.41 Å². The first kappa shape index (κ1) is 29.7. The zero-order chi connectivity index (χ0) is 33.3. The number of hydrogen-bond acceptors (Lipinski definition) is 2. The molecule has 0 saturated carbocycles. The molecule has 8 aromatic rings. The van der Waals surface area contributed by atoms with Gasteiger partial charge in [-0.05, 0) is 118 Å². The smallest absolute Gasteiger partial charge is 0.0520 e. The monoisotopic (exact) mass is 647 g/mol. The van der Waals surface area contributed by atoms with Crippen LogP contribution in [0.4, 0.5) is 17.1 Å². The molecule has 0 saturated heterocycles. The molecule has 0 spiro atoms. The van der Waals surface area contributed by atoms with Gasteiger partial charge >= 0.3 is 0 Å². The topological polar surface area (TPSA) is 3.24 Å². The third-order valence-electron chi connectivity index (χ3n) is 10.5. The maximum Gasteiger partial charge on any atom is 0.0520 e. The van der Waals surface area contributed by atoms with Gasteiger partial charge in [0.15, 0.2) is 0 Å². The highest BCUT2D eigenvalue weighted by atomic mass is 32.1. The van der Waals surface area contributed by atoms with Crippen molar-refractivity contribution in [3.8, 4) is 33.4 Å². The van der Waals surface area contributed by atoms with Crippen LogP contribution in [0.1, 0.15) is 36.1 Å². The van der Waals surface area contributed by atoms with Gasteiger partial charge in [-0.3, -0.25) is 0 Å². The van der Waals surface area contributed by atoms with E-state index in [1.54, 1.807) is 0 Å². The molecular formula is C47H37NS. The lowest BCUT2D eigenvalue weighted by Crippen LogP contribution is -2.17. The molecule has 2 heteroatoms. The van der Waals surface area contributed by atoms with Gasteiger partial charge in [-0.1, -0.05) is 117 Å². The largest absolute Gasteiger partial charge is 0.310 e. The molecular weight excluding hydrogens is 611 g/mol. The van der Waals surface area contributed by atoms with Crippen molar-refractivity contribution in [2.45, 2.75) is 33.1 Å². The summed E-state index contributed by atoms with van der Waals surface area (Å²) in [6.07, 6.45) is 0. The molecule has 1 heterocycles. The molecule has 0 radical (unpaired) electrons. The molecule has 0 bridgehead atoms. The number of nitrogens with zero attached hydrogens (tertiary/aromatic N) is 1. The van der Waals surface area contributed by atoms with Crippen molar-refractivity contribution in [2.24, 2.45) is 0 Å². The summed E-state index contributed by atoms with van der Waals surface area (Å²) in [6, 6.07) is 56.1. The molecule has 236 valence electrons. The van der Waals surface area contributed by atoms with Crippen LogP contribution in [-0.4, -0.2) is 0 Å². The minimum Gasteiger partial charge on any atom is -0.310 e. The zero-order valence-electron chi connectivity index (χ0n) is 28.3. The lowest BCUT2D eigenvalue weighted by Gasteiger charge is -2.31. The van der Waals surface area contributed by atoms with Crippen molar-refractivity contribution in [3.63, 3.8) is 0 Å². The van der Waals surface area contributed by atoms with Crippen molar-refractivity contribution >= 4 is 48.6 Å². The Bertz CT molecular complexity index is 2530. The Balaban J connectivity index is 1.22. The third-order valence-corrected chi connectivity index (χ3v) is 11.6. The summed E-state index contributed by atoms with van der Waals surface area (Å²) < 4.78 is 2.63. The number of rotatable bonds is 5. The molecule has 1 aromatic heterocycles. The molecule has 0 aliphatic heterocycles. The Kier molecular flexibility index (Phi) is 6.86. The predicted molar refractivity (Wildman–Crippen MR) is 212 cm³/mol. The fraction of sp³-hybridized carbons (Fsp3) is 0.106. The molecule has 0 atom stereocenters. The molecule has 0 unspecified atom stereocenters. The van der Waals surface area contributed by atoms with Gasteiger partial charge in [-0.15, -0.1) is 11.3 Å². The summed E-state index contributed by atoms with van der Waals surface area (Å²) >= 11 is 1.88. The van der Waals surface area contributed by atoms with Crippen molar-refractivity contribution in [1.82, 2.24) is 0 Å². The number of thiophene rings is 1. The average molecular weight is 648 g/mol. The Hall–Kier alpha value is -5.44. The predicted octanol–water partition coefficient (Wildman–Crippen LogP) is 13.8. The molecule has 7 aromatic carbocycles. The summed E-state index contributed by atoms with van der Waals surface area (Å²) in [4.78, 5) is 2.50. The highest BCUT2D eigenvalue weighted by molar-refractivity contribution is 7.25. The van der Waals surface area contributed by atoms with E-state index in [4.69, 9.17) is 0 Å². The van der Waals surface area contributed by atoms with Crippen LogP contribution in [0, 0.1) is 13.8 Å². The SMILES string of the molecule is Cc1cc(-c2cccc(-c3ccccc3)c2)cc(C)c1N(c1ccc2c(c1)C(C)(C)c1ccccc1-2)c1ccc2c(c1)sc1ccccc12. The van der Waals surface area contributed by atoms with E-state index in [0.29, 0.717) is 0 Å². The summed E-state index contributed by atoms with van der Waals surface area (Å²) in [7, 11) is 0. The van der Waals surface area contributed by atoms with Gasteiger partial charge in [-0.25, -0.2) is 0 Å². The molecule has 0 fully saturated rings. The van der Waals surface area contributed by atoms with Crippen LogP contribution < -0.4 is 4.90 Å². The lowest BCUT2D eigenvalue weighted by molar-refractivity contribution is 0.660. The Morgan fingerprint density at radius 2 is 1.06 bits per heavy atom. The lowest BCUT2D eigenvalue weighted by atomic mass is 9.82. The number of anilines is 3. The van der Waals surface area contributed by atoms with Crippen LogP contribution in [0.15, 0.2) is 152 Å². The van der Waals surface area contributed by atoms with Crippen LogP contribution in [0.25, 0.3) is 53.6 Å². The zero-order valence-corrected chi connectivity index (χ0v) is 29.1. The van der Waals surface area contributed by atoms with Crippen LogP contribution in [0.3, 0.4) is 0 Å². The molecule has 1 aliphatic carbocycles. The molecule has 1 aliphatic rings. The third kappa shape index (κ3) is 4.82. The Morgan fingerprint density at radius 1 is 0.449 bits per heavy atom. The van der Waals surface area contributed by atoms with Gasteiger partial charge in [0.2, 0.25) is 0 Å². The van der Waals surface area contributed by atoms with Gasteiger partial charge in [0, 0.05) is 37.0 Å². The van der Waals surface area contributed by atoms with Crippen LogP contribution in [0.5, 0.6) is 0 Å². The van der Waals surface area contributed by atoms with Gasteiger partial charge in [0.25, 0.3) is 0 Å². The second-order valence-corrected chi connectivity index (χ2v) is 15.0. The molecule has 1 nitrogen and oxygen atoms in total. The summed E-state index contributed by atoms with van der Waals surface area (Å²) in [5, 5.41) is 2.64. The number of fused-ring (bicyclic) bond motifs is 6. The summed E-state index contributed by atoms with van der Waals surface area (Å²) in [5.41, 5.74) is 16.4. The van der Waals surface area contributed by atoms with Crippen molar-refractivity contribution in [3.05, 3.63) is 174 Å². The minimum absolute atomic E-state index is 0.0826. The van der Waals surface area contributed by atoms with E-state index in [1.807, 2.05) is 11.3 Å². The molecule has 0 N–H and O–H groups in total. The average Bonchev–Trinajstić information content (AvgIpc) is 3.61. The Labute approximate surface area is 292 Å². The molecule has 49 heavy (non-hydrogen) atoms. The molecule has 9 rings (SSSR count). The summed E-state index contributed by atoms with van der Waals surface area (Å²) in [5.74, 6) is 0. The summed E-state index contributed by atoms with van der Waals surface area (Å²) in [6.45, 7) is 9.27. The highest BCUT2D eigenvalue weighted by Gasteiger charge is 2.36. The van der Waals surface area contributed by atoms with Crippen molar-refractivity contribution in [2.75, 3.05) is 4.90 Å². The first-order valence-electron chi connectivity index (χ1n) is 17.1. The normalized spacial score (nSPS) is 13.1.